The van der Waals surface area contributed by atoms with Crippen molar-refractivity contribution in [3.63, 3.8) is 0 Å². The number of carbonyl (C=O) groups excluding carboxylic acids is 1. The average molecular weight is 284 g/mol. The van der Waals surface area contributed by atoms with Crippen molar-refractivity contribution >= 4 is 5.91 Å². The van der Waals surface area contributed by atoms with Gasteiger partial charge in [-0.25, -0.2) is 0 Å². The standard InChI is InChI=1S/C15H16N4O2/c1-11(13-6-5-9-21-13)17-14(20)12-10-16-18(2)15(12)19-7-3-4-8-19/h3-11H,1-2H3,(H,17,20)/t11-/m1/s1. The van der Waals surface area contributed by atoms with Crippen molar-refractivity contribution in [1.82, 2.24) is 19.7 Å². The molecule has 0 aromatic carbocycles. The maximum absolute atomic E-state index is 12.5. The van der Waals surface area contributed by atoms with E-state index in [2.05, 4.69) is 10.4 Å². The second-order valence-electron chi connectivity index (χ2n) is 4.81. The summed E-state index contributed by atoms with van der Waals surface area (Å²) in [5.41, 5.74) is 0.520. The molecule has 0 fully saturated rings. The molecule has 0 saturated carbocycles. The molecule has 0 aliphatic heterocycles. The zero-order valence-electron chi connectivity index (χ0n) is 11.9. The lowest BCUT2D eigenvalue weighted by atomic mass is 10.2. The number of aryl methyl sites for hydroxylation is 1. The van der Waals surface area contributed by atoms with Gasteiger partial charge >= 0.3 is 0 Å². The molecule has 0 saturated heterocycles. The van der Waals surface area contributed by atoms with Crippen LogP contribution in [0.15, 0.2) is 53.5 Å². The lowest BCUT2D eigenvalue weighted by molar-refractivity contribution is 0.0935. The van der Waals surface area contributed by atoms with Crippen molar-refractivity contribution in [1.29, 1.82) is 0 Å². The predicted molar refractivity (Wildman–Crippen MR) is 77.1 cm³/mol. The molecule has 0 aliphatic carbocycles. The minimum Gasteiger partial charge on any atom is -0.467 e. The largest absolute Gasteiger partial charge is 0.467 e. The Morgan fingerprint density at radius 3 is 2.76 bits per heavy atom. The second-order valence-corrected chi connectivity index (χ2v) is 4.81. The molecule has 0 aliphatic rings. The molecule has 1 amide bonds. The van der Waals surface area contributed by atoms with Crippen LogP contribution in [0.5, 0.6) is 0 Å². The summed E-state index contributed by atoms with van der Waals surface area (Å²) in [5.74, 6) is 1.26. The summed E-state index contributed by atoms with van der Waals surface area (Å²) in [6.07, 6.45) is 6.92. The van der Waals surface area contributed by atoms with Gasteiger partial charge in [-0.05, 0) is 31.2 Å². The van der Waals surface area contributed by atoms with Gasteiger partial charge in [0.1, 0.15) is 17.1 Å². The van der Waals surface area contributed by atoms with E-state index in [-0.39, 0.29) is 11.9 Å². The van der Waals surface area contributed by atoms with E-state index in [9.17, 15) is 4.79 Å². The maximum Gasteiger partial charge on any atom is 0.257 e. The van der Waals surface area contributed by atoms with E-state index in [1.807, 2.05) is 49.1 Å². The first-order chi connectivity index (χ1) is 10.2. The summed E-state index contributed by atoms with van der Waals surface area (Å²) in [7, 11) is 1.81. The van der Waals surface area contributed by atoms with Gasteiger partial charge in [0.2, 0.25) is 0 Å². The van der Waals surface area contributed by atoms with Gasteiger partial charge in [-0.3, -0.25) is 9.48 Å². The van der Waals surface area contributed by atoms with Gasteiger partial charge in [0, 0.05) is 19.4 Å². The molecule has 3 aromatic rings. The Kier molecular flexibility index (Phi) is 3.35. The van der Waals surface area contributed by atoms with E-state index >= 15 is 0 Å². The molecular weight excluding hydrogens is 268 g/mol. The van der Waals surface area contributed by atoms with Crippen LogP contribution in [0.3, 0.4) is 0 Å². The van der Waals surface area contributed by atoms with Crippen molar-refractivity contribution in [2.75, 3.05) is 0 Å². The van der Waals surface area contributed by atoms with Gasteiger partial charge in [-0.1, -0.05) is 0 Å². The Morgan fingerprint density at radius 1 is 1.33 bits per heavy atom. The van der Waals surface area contributed by atoms with Gasteiger partial charge in [-0.15, -0.1) is 0 Å². The van der Waals surface area contributed by atoms with Gasteiger partial charge in [0.25, 0.3) is 5.91 Å². The highest BCUT2D eigenvalue weighted by atomic mass is 16.3. The Labute approximate surface area is 122 Å². The molecule has 0 spiro atoms. The maximum atomic E-state index is 12.5. The van der Waals surface area contributed by atoms with Crippen LogP contribution in [-0.2, 0) is 7.05 Å². The Morgan fingerprint density at radius 2 is 2.10 bits per heavy atom. The van der Waals surface area contributed by atoms with Gasteiger partial charge in [0.05, 0.1) is 18.5 Å². The molecular formula is C15H16N4O2. The quantitative estimate of drug-likeness (QED) is 0.799. The normalized spacial score (nSPS) is 12.3. The number of nitrogens with zero attached hydrogens (tertiary/aromatic N) is 3. The van der Waals surface area contributed by atoms with Crippen LogP contribution < -0.4 is 5.32 Å². The number of rotatable bonds is 4. The van der Waals surface area contributed by atoms with Crippen LogP contribution in [0.4, 0.5) is 0 Å². The summed E-state index contributed by atoms with van der Waals surface area (Å²) >= 11 is 0. The third-order valence-electron chi connectivity index (χ3n) is 3.32. The average Bonchev–Trinajstić information content (AvgIpc) is 3.19. The molecule has 108 valence electrons. The van der Waals surface area contributed by atoms with Crippen LogP contribution in [-0.4, -0.2) is 20.3 Å². The molecule has 21 heavy (non-hydrogen) atoms. The fraction of sp³-hybridized carbons (Fsp3) is 0.200. The lowest BCUT2D eigenvalue weighted by Gasteiger charge is -2.12. The van der Waals surface area contributed by atoms with E-state index in [4.69, 9.17) is 4.42 Å². The zero-order valence-corrected chi connectivity index (χ0v) is 11.9. The van der Waals surface area contributed by atoms with Crippen LogP contribution in [0.2, 0.25) is 0 Å². The first-order valence-corrected chi connectivity index (χ1v) is 6.66. The number of nitrogens with one attached hydrogen (secondary N) is 1. The molecule has 3 rings (SSSR count). The fourth-order valence-electron chi connectivity index (χ4n) is 2.26. The third-order valence-corrected chi connectivity index (χ3v) is 3.32. The van der Waals surface area contributed by atoms with Gasteiger partial charge in [-0.2, -0.15) is 5.10 Å². The van der Waals surface area contributed by atoms with Crippen LogP contribution in [0, 0.1) is 0 Å². The monoisotopic (exact) mass is 284 g/mol. The summed E-state index contributed by atoms with van der Waals surface area (Å²) in [6.45, 7) is 1.88. The fourth-order valence-corrected chi connectivity index (χ4v) is 2.26. The van der Waals surface area contributed by atoms with Crippen molar-refractivity contribution in [2.24, 2.45) is 7.05 Å². The first-order valence-electron chi connectivity index (χ1n) is 6.66. The van der Waals surface area contributed by atoms with E-state index < -0.39 is 0 Å². The number of hydrogen-bond donors (Lipinski definition) is 1. The number of furan rings is 1. The molecule has 1 N–H and O–H groups in total. The highest BCUT2D eigenvalue weighted by Gasteiger charge is 2.20. The van der Waals surface area contributed by atoms with E-state index in [0.29, 0.717) is 5.56 Å². The van der Waals surface area contributed by atoms with Crippen molar-refractivity contribution in [3.8, 4) is 5.82 Å². The summed E-state index contributed by atoms with van der Waals surface area (Å²) in [6, 6.07) is 7.24. The van der Waals surface area contributed by atoms with E-state index in [1.165, 1.54) is 0 Å². The number of aromatic nitrogens is 3. The summed E-state index contributed by atoms with van der Waals surface area (Å²) in [5, 5.41) is 7.09. The Balaban J connectivity index is 1.86. The summed E-state index contributed by atoms with van der Waals surface area (Å²) in [4.78, 5) is 12.5. The molecule has 3 aromatic heterocycles. The van der Waals surface area contributed by atoms with Gasteiger partial charge < -0.3 is 14.3 Å². The topological polar surface area (TPSA) is 65.0 Å². The summed E-state index contributed by atoms with van der Waals surface area (Å²) < 4.78 is 8.83. The molecule has 0 bridgehead atoms. The minimum absolute atomic E-state index is 0.185. The second kappa shape index (κ2) is 5.32. The smallest absolute Gasteiger partial charge is 0.257 e. The minimum atomic E-state index is -0.204. The molecule has 6 nitrogen and oxygen atoms in total. The number of amides is 1. The van der Waals surface area contributed by atoms with Crippen LogP contribution >= 0.6 is 0 Å². The SMILES string of the molecule is C[C@@H](NC(=O)c1cnn(C)c1-n1cccc1)c1ccco1. The van der Waals surface area contributed by atoms with Crippen molar-refractivity contribution < 1.29 is 9.21 Å². The number of hydrogen-bond acceptors (Lipinski definition) is 3. The Hall–Kier alpha value is -2.76. The Bertz CT molecular complexity index is 726. The van der Waals surface area contributed by atoms with Crippen LogP contribution in [0.1, 0.15) is 29.1 Å². The van der Waals surface area contributed by atoms with Crippen molar-refractivity contribution in [2.45, 2.75) is 13.0 Å². The van der Waals surface area contributed by atoms with E-state index in [1.54, 1.807) is 23.2 Å². The predicted octanol–water partition coefficient (Wildman–Crippen LogP) is 2.29. The van der Waals surface area contributed by atoms with Crippen molar-refractivity contribution in [3.05, 3.63) is 60.4 Å². The lowest BCUT2D eigenvalue weighted by Crippen LogP contribution is -2.27. The molecule has 6 heteroatoms. The molecule has 0 radical (unpaired) electrons. The highest BCUT2D eigenvalue weighted by Crippen LogP contribution is 2.17. The van der Waals surface area contributed by atoms with Crippen LogP contribution in [0.25, 0.3) is 5.82 Å². The number of carbonyl (C=O) groups is 1. The highest BCUT2D eigenvalue weighted by molar-refractivity contribution is 5.97. The first kappa shape index (κ1) is 13.2. The molecule has 1 atom stereocenters. The van der Waals surface area contributed by atoms with Gasteiger partial charge in [0.15, 0.2) is 0 Å². The zero-order chi connectivity index (χ0) is 14.8. The molecule has 0 unspecified atom stereocenters. The van der Waals surface area contributed by atoms with E-state index in [0.717, 1.165) is 11.6 Å². The third kappa shape index (κ3) is 2.47. The molecule has 3 heterocycles.